The van der Waals surface area contributed by atoms with Gasteiger partial charge in [0, 0.05) is 41.2 Å². The van der Waals surface area contributed by atoms with Crippen LogP contribution >= 0.6 is 0 Å². The number of hydrogen-bond donors (Lipinski definition) is 6. The van der Waals surface area contributed by atoms with Crippen molar-refractivity contribution < 1.29 is 28.6 Å². The first-order chi connectivity index (χ1) is 26.2. The third kappa shape index (κ3) is 16.5. The lowest BCUT2D eigenvalue weighted by Gasteiger charge is -2.16. The first-order valence-electron chi connectivity index (χ1n) is 17.7. The lowest BCUT2D eigenvalue weighted by molar-refractivity contribution is 0.0512. The summed E-state index contributed by atoms with van der Waals surface area (Å²) in [5.41, 5.74) is 2.74. The summed E-state index contributed by atoms with van der Waals surface area (Å²) in [6.07, 6.45) is 1.25. The Morgan fingerprint density at radius 1 is 0.741 bits per heavy atom. The van der Waals surface area contributed by atoms with Gasteiger partial charge in [0.25, 0.3) is 11.8 Å². The van der Waals surface area contributed by atoms with E-state index in [1.165, 1.54) is 12.5 Å². The fourth-order valence-electron chi connectivity index (χ4n) is 4.46. The molecule has 0 unspecified atom stereocenters. The highest BCUT2D eigenvalue weighted by molar-refractivity contribution is 6.02. The molecule has 0 aliphatic rings. The summed E-state index contributed by atoms with van der Waals surface area (Å²) < 4.78 is 25.0. The predicted octanol–water partition coefficient (Wildman–Crippen LogP) is 6.70. The fourth-order valence-corrected chi connectivity index (χ4v) is 4.46. The number of nitrogens with one attached hydrogen (secondary N) is 5. The number of hydrogen-bond acceptors (Lipinski definition) is 7. The first-order valence-corrected chi connectivity index (χ1v) is 17.7. The van der Waals surface area contributed by atoms with Crippen LogP contribution < -0.4 is 26.6 Å². The van der Waals surface area contributed by atoms with E-state index in [1.807, 2.05) is 18.2 Å². The number of guanidine groups is 1. The second-order valence-corrected chi connectivity index (χ2v) is 11.7. The number of halogens is 1. The molecule has 12 nitrogen and oxygen atoms in total. The van der Waals surface area contributed by atoms with E-state index >= 15 is 0 Å². The Balaban J connectivity index is 0.00000253. The smallest absolute Gasteiger partial charge is 0.251 e. The van der Waals surface area contributed by atoms with Gasteiger partial charge in [-0.2, -0.15) is 0 Å². The Morgan fingerprint density at radius 3 is 2.00 bits per heavy atom. The number of amides is 2. The first kappa shape index (κ1) is 42.4. The average molecular weight is 740 g/mol. The summed E-state index contributed by atoms with van der Waals surface area (Å²) >= 11 is 0. The number of rotatable bonds is 17. The lowest BCUT2D eigenvalue weighted by Crippen LogP contribution is -2.33. The van der Waals surface area contributed by atoms with E-state index in [-0.39, 0.29) is 29.9 Å². The van der Waals surface area contributed by atoms with E-state index in [1.54, 1.807) is 85.8 Å². The number of carbonyl (C=O) groups excluding carboxylic acids is 2. The van der Waals surface area contributed by atoms with Gasteiger partial charge in [0.15, 0.2) is 0 Å². The molecule has 0 fully saturated rings. The van der Waals surface area contributed by atoms with Gasteiger partial charge in [0.1, 0.15) is 23.2 Å². The van der Waals surface area contributed by atoms with Gasteiger partial charge in [0.2, 0.25) is 5.96 Å². The van der Waals surface area contributed by atoms with Crippen molar-refractivity contribution in [1.82, 2.24) is 16.0 Å². The van der Waals surface area contributed by atoms with Crippen molar-refractivity contribution in [2.45, 2.75) is 33.7 Å². The van der Waals surface area contributed by atoms with Crippen LogP contribution in [0.1, 0.15) is 53.5 Å². The van der Waals surface area contributed by atoms with Crippen molar-refractivity contribution in [3.8, 4) is 5.75 Å². The van der Waals surface area contributed by atoms with Crippen molar-refractivity contribution >= 4 is 35.0 Å². The van der Waals surface area contributed by atoms with Gasteiger partial charge in [-0.15, -0.1) is 0 Å². The molecule has 54 heavy (non-hydrogen) atoms. The van der Waals surface area contributed by atoms with E-state index < -0.39 is 0 Å². The lowest BCUT2D eigenvalue weighted by atomic mass is 10.1. The SMILES string of the molecule is C=C(NC(=NC(C)=NCCOCCOCCNC(=O)c1ccccc1)Nc1ccc(O)cc1)Nc1ccc(C(=O)NCc2ccccc2F)cc1.CCC. The summed E-state index contributed by atoms with van der Waals surface area (Å²) in [4.78, 5) is 33.6. The zero-order chi connectivity index (χ0) is 39.0. The van der Waals surface area contributed by atoms with Gasteiger partial charge in [-0.05, 0) is 73.7 Å². The van der Waals surface area contributed by atoms with Gasteiger partial charge in [-0.3, -0.25) is 14.6 Å². The van der Waals surface area contributed by atoms with Crippen LogP contribution in [0.4, 0.5) is 15.8 Å². The number of carbonyl (C=O) groups is 2. The zero-order valence-corrected chi connectivity index (χ0v) is 31.0. The molecule has 0 aromatic heterocycles. The number of amidine groups is 1. The second-order valence-electron chi connectivity index (χ2n) is 11.7. The Hall–Kier alpha value is -6.05. The minimum absolute atomic E-state index is 0.0756. The summed E-state index contributed by atoms with van der Waals surface area (Å²) in [5, 5.41) is 24.6. The number of phenols is 1. The molecule has 0 spiro atoms. The van der Waals surface area contributed by atoms with Crippen molar-refractivity contribution in [3.05, 3.63) is 138 Å². The zero-order valence-electron chi connectivity index (χ0n) is 31.0. The van der Waals surface area contributed by atoms with Crippen LogP contribution in [0.5, 0.6) is 5.75 Å². The second kappa shape index (κ2) is 24.2. The molecule has 0 aliphatic carbocycles. The van der Waals surface area contributed by atoms with Crippen LogP contribution in [0.25, 0.3) is 0 Å². The predicted molar refractivity (Wildman–Crippen MR) is 213 cm³/mol. The quantitative estimate of drug-likeness (QED) is 0.0302. The molecular formula is C41H50FN7O5. The molecule has 13 heteroatoms. The number of phenolic OH excluding ortho intramolecular Hbond substituents is 1. The number of aliphatic imine (C=N–C) groups is 2. The van der Waals surface area contributed by atoms with Gasteiger partial charge < -0.3 is 41.2 Å². The van der Waals surface area contributed by atoms with E-state index in [4.69, 9.17) is 9.47 Å². The maximum absolute atomic E-state index is 13.9. The van der Waals surface area contributed by atoms with Crippen molar-refractivity contribution in [3.63, 3.8) is 0 Å². The summed E-state index contributed by atoms with van der Waals surface area (Å²) in [6.45, 7) is 12.4. The van der Waals surface area contributed by atoms with Crippen LogP contribution in [0.3, 0.4) is 0 Å². The van der Waals surface area contributed by atoms with Crippen LogP contribution in [-0.2, 0) is 16.0 Å². The van der Waals surface area contributed by atoms with Gasteiger partial charge in [-0.25, -0.2) is 9.38 Å². The Kier molecular flexibility index (Phi) is 19.0. The molecule has 4 rings (SSSR count). The number of benzene rings is 4. The van der Waals surface area contributed by atoms with Crippen molar-refractivity contribution in [2.75, 3.05) is 50.2 Å². The molecule has 2 amide bonds. The number of ether oxygens (including phenoxy) is 2. The Labute approximate surface area is 316 Å². The van der Waals surface area contributed by atoms with Crippen LogP contribution in [0, 0.1) is 5.82 Å². The molecule has 4 aromatic carbocycles. The molecule has 0 heterocycles. The monoisotopic (exact) mass is 739 g/mol. The Morgan fingerprint density at radius 2 is 1.31 bits per heavy atom. The highest BCUT2D eigenvalue weighted by Crippen LogP contribution is 2.15. The van der Waals surface area contributed by atoms with Crippen LogP contribution in [-0.4, -0.2) is 68.2 Å². The molecule has 0 saturated heterocycles. The molecule has 0 bridgehead atoms. The van der Waals surface area contributed by atoms with Gasteiger partial charge >= 0.3 is 0 Å². The molecule has 286 valence electrons. The summed E-state index contributed by atoms with van der Waals surface area (Å²) in [7, 11) is 0. The minimum Gasteiger partial charge on any atom is -0.508 e. The third-order valence-corrected chi connectivity index (χ3v) is 7.03. The number of aromatic hydroxyl groups is 1. The third-order valence-electron chi connectivity index (χ3n) is 7.03. The average Bonchev–Trinajstić information content (AvgIpc) is 3.16. The van der Waals surface area contributed by atoms with Crippen molar-refractivity contribution in [2.24, 2.45) is 9.98 Å². The van der Waals surface area contributed by atoms with E-state index in [0.717, 1.165) is 0 Å². The molecule has 0 radical (unpaired) electrons. The topological polar surface area (TPSA) is 158 Å². The van der Waals surface area contributed by atoms with E-state index in [2.05, 4.69) is 57.0 Å². The number of anilines is 2. The van der Waals surface area contributed by atoms with Crippen LogP contribution in [0.15, 0.2) is 126 Å². The van der Waals surface area contributed by atoms with Gasteiger partial charge in [-0.1, -0.05) is 63.2 Å². The molecule has 6 N–H and O–H groups in total. The Bertz CT molecular complexity index is 1800. The fraction of sp³-hybridized carbons (Fsp3) is 0.268. The molecule has 4 aromatic rings. The van der Waals surface area contributed by atoms with E-state index in [9.17, 15) is 19.1 Å². The maximum atomic E-state index is 13.9. The van der Waals surface area contributed by atoms with Crippen LogP contribution in [0.2, 0.25) is 0 Å². The summed E-state index contributed by atoms with van der Waals surface area (Å²) in [5.74, 6) is 0.446. The molecular weight excluding hydrogens is 689 g/mol. The van der Waals surface area contributed by atoms with Crippen molar-refractivity contribution in [1.29, 1.82) is 0 Å². The normalized spacial score (nSPS) is 11.1. The highest BCUT2D eigenvalue weighted by atomic mass is 19.1. The molecule has 0 aliphatic heterocycles. The largest absolute Gasteiger partial charge is 0.508 e. The summed E-state index contributed by atoms with van der Waals surface area (Å²) in [6, 6.07) is 28.5. The number of nitrogens with zero attached hydrogens (tertiary/aromatic N) is 2. The maximum Gasteiger partial charge on any atom is 0.251 e. The van der Waals surface area contributed by atoms with Gasteiger partial charge in [0.05, 0.1) is 33.0 Å². The van der Waals surface area contributed by atoms with E-state index in [0.29, 0.717) is 85.2 Å². The highest BCUT2D eigenvalue weighted by Gasteiger charge is 2.09. The standard InChI is InChI=1S/C38H42FN7O5.C3H8/c1-27(40-20-22-50-24-25-51-23-21-41-36(48)29-8-4-3-5-9-29)44-38(46-33-16-18-34(47)19-17-33)45-28(2)43-32-14-12-30(13-15-32)37(49)42-26-31-10-6-7-11-35(31)39;1-3-2/h3-19,43,47H,2,20-26H2,1H3,(H,41,48)(H,42,49)(H2,40,44,45,46);3H2,1-2H3. The minimum atomic E-state index is -0.376. The molecule has 0 atom stereocenters. The molecule has 0 saturated carbocycles.